The number of carbonyl (C=O) groups excluding carboxylic acids is 1. The van der Waals surface area contributed by atoms with Crippen LogP contribution in [0, 0.1) is 10.1 Å². The van der Waals surface area contributed by atoms with Gasteiger partial charge >= 0.3 is 0 Å². The fraction of sp³-hybridized carbons (Fsp3) is 0.263. The molecule has 0 aromatic heterocycles. The van der Waals surface area contributed by atoms with Gasteiger partial charge in [-0.2, -0.15) is 0 Å². The van der Waals surface area contributed by atoms with Gasteiger partial charge in [-0.25, -0.2) is 0 Å². The van der Waals surface area contributed by atoms with Crippen LogP contribution in [0.2, 0.25) is 5.02 Å². The average molecular weight is 421 g/mol. The monoisotopic (exact) mass is 420 g/mol. The Bertz CT molecular complexity index is 861. The van der Waals surface area contributed by atoms with Crippen molar-refractivity contribution >= 4 is 51.9 Å². The highest BCUT2D eigenvalue weighted by Crippen LogP contribution is 2.18. The molecular formula is C19H21ClN4O3S. The molecule has 0 unspecified atom stereocenters. The number of thiocarbonyl (C=S) groups is 1. The fourth-order valence-corrected chi connectivity index (χ4v) is 3.09. The van der Waals surface area contributed by atoms with Gasteiger partial charge in [-0.3, -0.25) is 14.9 Å². The van der Waals surface area contributed by atoms with Gasteiger partial charge in [0.05, 0.1) is 4.92 Å². The summed E-state index contributed by atoms with van der Waals surface area (Å²) in [7, 11) is 0. The summed E-state index contributed by atoms with van der Waals surface area (Å²) in [6.07, 6.45) is 0.789. The molecule has 9 heteroatoms. The topological polar surface area (TPSA) is 87.5 Å². The van der Waals surface area contributed by atoms with Crippen LogP contribution in [0.1, 0.15) is 20.3 Å². The molecule has 2 N–H and O–H groups in total. The van der Waals surface area contributed by atoms with Crippen LogP contribution in [0.25, 0.3) is 0 Å². The number of anilines is 2. The molecule has 0 saturated heterocycles. The van der Waals surface area contributed by atoms with E-state index in [2.05, 4.69) is 10.6 Å². The van der Waals surface area contributed by atoms with Crippen LogP contribution in [0.15, 0.2) is 48.5 Å². The normalized spacial score (nSPS) is 11.4. The second-order valence-electron chi connectivity index (χ2n) is 6.10. The SMILES string of the molecule is CCCN(C(=S)Nc1ccc([N+](=O)[O-])cc1)[C@H](C)C(=O)Nc1cccc(Cl)c1. The van der Waals surface area contributed by atoms with E-state index < -0.39 is 11.0 Å². The number of non-ortho nitro benzene ring substituents is 1. The molecule has 0 aliphatic carbocycles. The van der Waals surface area contributed by atoms with Crippen molar-refractivity contribution in [3.63, 3.8) is 0 Å². The van der Waals surface area contributed by atoms with Crippen molar-refractivity contribution in [2.45, 2.75) is 26.3 Å². The Morgan fingerprint density at radius 1 is 1.21 bits per heavy atom. The zero-order valence-corrected chi connectivity index (χ0v) is 17.1. The van der Waals surface area contributed by atoms with E-state index in [1.165, 1.54) is 12.1 Å². The first-order valence-corrected chi connectivity index (χ1v) is 9.49. The van der Waals surface area contributed by atoms with Crippen molar-refractivity contribution in [2.75, 3.05) is 17.2 Å². The molecule has 148 valence electrons. The first kappa shape index (κ1) is 21.6. The standard InChI is InChI=1S/C19H21ClN4O3S/c1-3-11-23(13(2)18(25)21-16-6-4-5-14(20)12-16)19(28)22-15-7-9-17(10-8-15)24(26)27/h4-10,12-13H,3,11H2,1-2H3,(H,21,25)(H,22,28)/t13-/m1/s1. The van der Waals surface area contributed by atoms with Crippen LogP contribution in [-0.2, 0) is 4.79 Å². The van der Waals surface area contributed by atoms with Gasteiger partial charge in [0.15, 0.2) is 5.11 Å². The first-order valence-electron chi connectivity index (χ1n) is 8.70. The number of rotatable bonds is 7. The molecule has 0 spiro atoms. The number of nitrogens with one attached hydrogen (secondary N) is 2. The molecule has 0 fully saturated rings. The quantitative estimate of drug-likeness (QED) is 0.384. The number of nitro groups is 1. The molecule has 1 amide bonds. The Balaban J connectivity index is 2.07. The Morgan fingerprint density at radius 2 is 1.89 bits per heavy atom. The van der Waals surface area contributed by atoms with Crippen molar-refractivity contribution in [1.82, 2.24) is 4.90 Å². The van der Waals surface area contributed by atoms with Crippen molar-refractivity contribution in [3.05, 3.63) is 63.7 Å². The van der Waals surface area contributed by atoms with Gasteiger partial charge in [-0.15, -0.1) is 0 Å². The van der Waals surface area contributed by atoms with Gasteiger partial charge in [0.2, 0.25) is 5.91 Å². The van der Waals surface area contributed by atoms with Crippen LogP contribution in [0.4, 0.5) is 17.1 Å². The number of carbonyl (C=O) groups is 1. The molecule has 0 heterocycles. The second kappa shape index (κ2) is 10.0. The maximum absolute atomic E-state index is 12.7. The number of amides is 1. The molecule has 0 aliphatic heterocycles. The third kappa shape index (κ3) is 5.90. The van der Waals surface area contributed by atoms with E-state index >= 15 is 0 Å². The summed E-state index contributed by atoms with van der Waals surface area (Å²) in [4.78, 5) is 24.7. The smallest absolute Gasteiger partial charge is 0.269 e. The molecule has 0 aliphatic rings. The summed E-state index contributed by atoms with van der Waals surface area (Å²) >= 11 is 11.4. The lowest BCUT2D eigenvalue weighted by Gasteiger charge is -2.30. The number of nitrogens with zero attached hydrogens (tertiary/aromatic N) is 2. The van der Waals surface area contributed by atoms with Crippen molar-refractivity contribution < 1.29 is 9.72 Å². The molecule has 1 atom stereocenters. The van der Waals surface area contributed by atoms with Crippen molar-refractivity contribution in [3.8, 4) is 0 Å². The minimum atomic E-state index is -0.531. The number of halogens is 1. The lowest BCUT2D eigenvalue weighted by atomic mass is 10.2. The number of benzene rings is 2. The van der Waals surface area contributed by atoms with E-state index in [9.17, 15) is 14.9 Å². The molecule has 0 saturated carbocycles. The summed E-state index contributed by atoms with van der Waals surface area (Å²) < 4.78 is 0. The van der Waals surface area contributed by atoms with Gasteiger partial charge in [0, 0.05) is 35.1 Å². The third-order valence-corrected chi connectivity index (χ3v) is 4.57. The zero-order chi connectivity index (χ0) is 20.7. The highest BCUT2D eigenvalue weighted by Gasteiger charge is 2.23. The van der Waals surface area contributed by atoms with E-state index in [4.69, 9.17) is 23.8 Å². The predicted octanol–water partition coefficient (Wildman–Crippen LogP) is 4.68. The van der Waals surface area contributed by atoms with Gasteiger partial charge in [-0.1, -0.05) is 24.6 Å². The average Bonchev–Trinajstić information content (AvgIpc) is 2.65. The summed E-state index contributed by atoms with van der Waals surface area (Å²) in [5, 5.41) is 17.5. The Labute approximate surface area is 173 Å². The zero-order valence-electron chi connectivity index (χ0n) is 15.5. The third-order valence-electron chi connectivity index (χ3n) is 3.99. The molecule has 2 aromatic carbocycles. The lowest BCUT2D eigenvalue weighted by Crippen LogP contribution is -2.47. The van der Waals surface area contributed by atoms with E-state index in [1.54, 1.807) is 48.2 Å². The maximum Gasteiger partial charge on any atom is 0.269 e. The summed E-state index contributed by atoms with van der Waals surface area (Å²) in [5.41, 5.74) is 1.21. The van der Waals surface area contributed by atoms with Gasteiger partial charge < -0.3 is 15.5 Å². The van der Waals surface area contributed by atoms with E-state index in [0.29, 0.717) is 28.1 Å². The predicted molar refractivity (Wildman–Crippen MR) is 116 cm³/mol. The van der Waals surface area contributed by atoms with Crippen LogP contribution in [0.5, 0.6) is 0 Å². The van der Waals surface area contributed by atoms with Gasteiger partial charge in [-0.05, 0) is 55.9 Å². The maximum atomic E-state index is 12.7. The Morgan fingerprint density at radius 3 is 2.46 bits per heavy atom. The minimum absolute atomic E-state index is 0.00356. The Kier molecular flexibility index (Phi) is 7.71. The molecule has 0 bridgehead atoms. The van der Waals surface area contributed by atoms with Crippen molar-refractivity contribution in [2.24, 2.45) is 0 Å². The second-order valence-corrected chi connectivity index (χ2v) is 6.93. The molecular weight excluding hydrogens is 400 g/mol. The molecule has 2 rings (SSSR count). The van der Waals surface area contributed by atoms with Crippen LogP contribution >= 0.6 is 23.8 Å². The molecule has 2 aromatic rings. The number of hydrogen-bond acceptors (Lipinski definition) is 4. The minimum Gasteiger partial charge on any atom is -0.337 e. The first-order chi connectivity index (χ1) is 13.3. The van der Waals surface area contributed by atoms with Crippen LogP contribution in [-0.4, -0.2) is 33.4 Å². The van der Waals surface area contributed by atoms with Gasteiger partial charge in [0.1, 0.15) is 6.04 Å². The summed E-state index contributed by atoms with van der Waals surface area (Å²) in [6, 6.07) is 12.3. The summed E-state index contributed by atoms with van der Waals surface area (Å²) in [5.74, 6) is -0.219. The van der Waals surface area contributed by atoms with Crippen LogP contribution < -0.4 is 10.6 Å². The highest BCUT2D eigenvalue weighted by atomic mass is 35.5. The van der Waals surface area contributed by atoms with E-state index in [0.717, 1.165) is 6.42 Å². The summed E-state index contributed by atoms with van der Waals surface area (Å²) in [6.45, 7) is 4.32. The Hall–Kier alpha value is -2.71. The molecule has 28 heavy (non-hydrogen) atoms. The lowest BCUT2D eigenvalue weighted by molar-refractivity contribution is -0.384. The molecule has 0 radical (unpaired) electrons. The highest BCUT2D eigenvalue weighted by molar-refractivity contribution is 7.80. The van der Waals surface area contributed by atoms with E-state index in [-0.39, 0.29) is 11.6 Å². The fourth-order valence-electron chi connectivity index (χ4n) is 2.53. The molecule has 7 nitrogen and oxygen atoms in total. The number of nitro benzene ring substituents is 1. The van der Waals surface area contributed by atoms with Crippen LogP contribution in [0.3, 0.4) is 0 Å². The van der Waals surface area contributed by atoms with Gasteiger partial charge in [0.25, 0.3) is 5.69 Å². The van der Waals surface area contributed by atoms with E-state index in [1.807, 2.05) is 6.92 Å². The number of hydrogen-bond donors (Lipinski definition) is 2. The largest absolute Gasteiger partial charge is 0.337 e. The van der Waals surface area contributed by atoms with Crippen molar-refractivity contribution in [1.29, 1.82) is 0 Å².